The summed E-state index contributed by atoms with van der Waals surface area (Å²) in [6, 6.07) is 13.3. The lowest BCUT2D eigenvalue weighted by molar-refractivity contribution is 0.426. The van der Waals surface area contributed by atoms with Gasteiger partial charge in [-0.05, 0) is 29.7 Å². The molecule has 2 nitrogen and oxygen atoms in total. The lowest BCUT2D eigenvalue weighted by atomic mass is 9.79. The summed E-state index contributed by atoms with van der Waals surface area (Å²) in [5.74, 6) is 0. The summed E-state index contributed by atoms with van der Waals surface area (Å²) in [4.78, 5) is 0. The summed E-state index contributed by atoms with van der Waals surface area (Å²) in [5, 5.41) is 18.8. The zero-order valence-electron chi connectivity index (χ0n) is 9.48. The van der Waals surface area contributed by atoms with Crippen LogP contribution in [0.1, 0.15) is 11.1 Å². The van der Waals surface area contributed by atoms with Crippen LogP contribution in [0.25, 0.3) is 0 Å². The zero-order chi connectivity index (χ0) is 13.1. The molecule has 0 saturated heterocycles. The topological polar surface area (TPSA) is 40.5 Å². The maximum atomic E-state index is 9.15. The van der Waals surface area contributed by atoms with E-state index in [0.29, 0.717) is 6.42 Å². The average Bonchev–Trinajstić information content (AvgIpc) is 2.28. The predicted octanol–water partition coefficient (Wildman–Crippen LogP) is 2.26. The first-order valence-electron chi connectivity index (χ1n) is 5.46. The van der Waals surface area contributed by atoms with Gasteiger partial charge in [-0.25, -0.2) is 0 Å². The van der Waals surface area contributed by atoms with Gasteiger partial charge in [0.2, 0.25) is 0 Å². The third-order valence-electron chi connectivity index (χ3n) is 2.65. The molecular formula is C13H11BCl2O2. The van der Waals surface area contributed by atoms with Crippen LogP contribution in [0.15, 0.2) is 42.5 Å². The number of halogens is 2. The molecule has 0 spiro atoms. The molecule has 2 rings (SSSR count). The van der Waals surface area contributed by atoms with Crippen LogP contribution in [0, 0.1) is 0 Å². The van der Waals surface area contributed by atoms with Gasteiger partial charge in [0.25, 0.3) is 0 Å². The van der Waals surface area contributed by atoms with E-state index in [0.717, 1.165) is 11.1 Å². The molecule has 0 bridgehead atoms. The first kappa shape index (κ1) is 13.4. The Morgan fingerprint density at radius 3 is 1.94 bits per heavy atom. The van der Waals surface area contributed by atoms with E-state index >= 15 is 0 Å². The SMILES string of the molecule is OB(O)c1c(Cl)cc(Cc2ccccc2)cc1Cl. The maximum absolute atomic E-state index is 9.15. The first-order chi connectivity index (χ1) is 8.58. The van der Waals surface area contributed by atoms with Gasteiger partial charge < -0.3 is 10.0 Å². The van der Waals surface area contributed by atoms with Gasteiger partial charge in [-0.1, -0.05) is 53.5 Å². The molecule has 2 N–H and O–H groups in total. The number of hydrogen-bond acceptors (Lipinski definition) is 2. The Morgan fingerprint density at radius 1 is 0.889 bits per heavy atom. The van der Waals surface area contributed by atoms with Crippen molar-refractivity contribution in [2.75, 3.05) is 0 Å². The summed E-state index contributed by atoms with van der Waals surface area (Å²) in [5.41, 5.74) is 2.22. The second-order valence-electron chi connectivity index (χ2n) is 4.01. The maximum Gasteiger partial charge on any atom is 0.491 e. The van der Waals surface area contributed by atoms with E-state index in [2.05, 4.69) is 0 Å². The minimum atomic E-state index is -1.66. The van der Waals surface area contributed by atoms with Gasteiger partial charge in [0.15, 0.2) is 0 Å². The molecule has 0 atom stereocenters. The lowest BCUT2D eigenvalue weighted by Crippen LogP contribution is -2.32. The Balaban J connectivity index is 2.31. The van der Waals surface area contributed by atoms with Gasteiger partial charge >= 0.3 is 7.12 Å². The minimum Gasteiger partial charge on any atom is -0.423 e. The number of benzene rings is 2. The molecule has 0 aliphatic carbocycles. The van der Waals surface area contributed by atoms with Crippen LogP contribution in [-0.4, -0.2) is 17.2 Å². The van der Waals surface area contributed by atoms with Crippen LogP contribution in [0.3, 0.4) is 0 Å². The van der Waals surface area contributed by atoms with Crippen LogP contribution >= 0.6 is 23.2 Å². The molecular weight excluding hydrogens is 270 g/mol. The zero-order valence-corrected chi connectivity index (χ0v) is 11.0. The molecule has 2 aromatic rings. The van der Waals surface area contributed by atoms with E-state index in [1.807, 2.05) is 30.3 Å². The van der Waals surface area contributed by atoms with Crippen LogP contribution in [0.2, 0.25) is 10.0 Å². The van der Waals surface area contributed by atoms with Crippen molar-refractivity contribution < 1.29 is 10.0 Å². The molecule has 0 radical (unpaired) electrons. The van der Waals surface area contributed by atoms with Crippen molar-refractivity contribution in [3.05, 3.63) is 63.6 Å². The van der Waals surface area contributed by atoms with Crippen molar-refractivity contribution in [3.63, 3.8) is 0 Å². The molecule has 18 heavy (non-hydrogen) atoms. The van der Waals surface area contributed by atoms with Crippen molar-refractivity contribution in [2.45, 2.75) is 6.42 Å². The molecule has 5 heteroatoms. The summed E-state index contributed by atoms with van der Waals surface area (Å²) in [6.45, 7) is 0. The highest BCUT2D eigenvalue weighted by Crippen LogP contribution is 2.19. The van der Waals surface area contributed by atoms with E-state index in [-0.39, 0.29) is 15.5 Å². The number of rotatable bonds is 3. The quantitative estimate of drug-likeness (QED) is 0.847. The second kappa shape index (κ2) is 5.76. The van der Waals surface area contributed by atoms with Crippen LogP contribution in [0.4, 0.5) is 0 Å². The molecule has 0 heterocycles. The standard InChI is InChI=1S/C13H11BCl2O2/c15-11-7-10(6-9-4-2-1-3-5-9)8-12(16)13(11)14(17)18/h1-5,7-8,17-18H,6H2. The molecule has 2 aromatic carbocycles. The Labute approximate surface area is 116 Å². The fourth-order valence-corrected chi connectivity index (χ4v) is 2.54. The summed E-state index contributed by atoms with van der Waals surface area (Å²) < 4.78 is 0. The summed E-state index contributed by atoms with van der Waals surface area (Å²) >= 11 is 12.0. The first-order valence-corrected chi connectivity index (χ1v) is 6.21. The third kappa shape index (κ3) is 3.06. The Hall–Kier alpha value is -0.995. The molecule has 0 saturated carbocycles. The monoisotopic (exact) mass is 280 g/mol. The van der Waals surface area contributed by atoms with E-state index in [4.69, 9.17) is 33.2 Å². The smallest absolute Gasteiger partial charge is 0.423 e. The highest BCUT2D eigenvalue weighted by atomic mass is 35.5. The Morgan fingerprint density at radius 2 is 1.44 bits per heavy atom. The van der Waals surface area contributed by atoms with Gasteiger partial charge in [-0.15, -0.1) is 0 Å². The van der Waals surface area contributed by atoms with Gasteiger partial charge in [-0.3, -0.25) is 0 Å². The summed E-state index contributed by atoms with van der Waals surface area (Å²) in [6.07, 6.45) is 0.697. The Kier molecular flexibility index (Phi) is 4.30. The molecule has 0 aliphatic heterocycles. The van der Waals surface area contributed by atoms with Gasteiger partial charge in [0.05, 0.1) is 0 Å². The molecule has 0 fully saturated rings. The van der Waals surface area contributed by atoms with E-state index in [9.17, 15) is 0 Å². The molecule has 0 aromatic heterocycles. The largest absolute Gasteiger partial charge is 0.491 e. The van der Waals surface area contributed by atoms with Crippen LogP contribution in [-0.2, 0) is 6.42 Å². The van der Waals surface area contributed by atoms with Crippen LogP contribution in [0.5, 0.6) is 0 Å². The van der Waals surface area contributed by atoms with Gasteiger partial charge in [-0.2, -0.15) is 0 Å². The van der Waals surface area contributed by atoms with E-state index in [1.165, 1.54) is 0 Å². The fourth-order valence-electron chi connectivity index (χ4n) is 1.82. The van der Waals surface area contributed by atoms with Crippen molar-refractivity contribution in [1.29, 1.82) is 0 Å². The fraction of sp³-hybridized carbons (Fsp3) is 0.0769. The summed E-state index contributed by atoms with van der Waals surface area (Å²) in [7, 11) is -1.66. The average molecular weight is 281 g/mol. The van der Waals surface area contributed by atoms with Gasteiger partial charge in [0.1, 0.15) is 0 Å². The van der Waals surface area contributed by atoms with Crippen LogP contribution < -0.4 is 5.46 Å². The van der Waals surface area contributed by atoms with Crippen molar-refractivity contribution in [1.82, 2.24) is 0 Å². The molecule has 92 valence electrons. The second-order valence-corrected chi connectivity index (χ2v) is 4.82. The highest BCUT2D eigenvalue weighted by molar-refractivity contribution is 6.66. The number of hydrogen-bond donors (Lipinski definition) is 2. The van der Waals surface area contributed by atoms with E-state index in [1.54, 1.807) is 12.1 Å². The highest BCUT2D eigenvalue weighted by Gasteiger charge is 2.19. The normalized spacial score (nSPS) is 10.4. The molecule has 0 aliphatic rings. The molecule has 0 amide bonds. The molecule has 0 unspecified atom stereocenters. The third-order valence-corrected chi connectivity index (χ3v) is 3.27. The Bertz CT molecular complexity index is 521. The minimum absolute atomic E-state index is 0.148. The van der Waals surface area contributed by atoms with Crippen molar-refractivity contribution >= 4 is 35.8 Å². The predicted molar refractivity (Wildman–Crippen MR) is 75.5 cm³/mol. The van der Waals surface area contributed by atoms with Crippen molar-refractivity contribution in [3.8, 4) is 0 Å². The lowest BCUT2D eigenvalue weighted by Gasteiger charge is -2.09. The van der Waals surface area contributed by atoms with E-state index < -0.39 is 7.12 Å². The van der Waals surface area contributed by atoms with Gasteiger partial charge in [0, 0.05) is 15.5 Å². The van der Waals surface area contributed by atoms with Crippen molar-refractivity contribution in [2.24, 2.45) is 0 Å².